The summed E-state index contributed by atoms with van der Waals surface area (Å²) in [7, 11) is 3.86. The topological polar surface area (TPSA) is 24.5 Å². The molecule has 2 atom stereocenters. The lowest BCUT2D eigenvalue weighted by atomic mass is 9.98. The molecule has 0 heterocycles. The Hall–Kier alpha value is -0.120. The zero-order valence-corrected chi connectivity index (χ0v) is 12.6. The van der Waals surface area contributed by atoms with Gasteiger partial charge in [0, 0.05) is 31.8 Å². The van der Waals surface area contributed by atoms with Crippen LogP contribution in [-0.4, -0.2) is 50.3 Å². The Bertz CT molecular complexity index is 174. The van der Waals surface area contributed by atoms with Gasteiger partial charge in [0.2, 0.25) is 0 Å². The molecule has 0 spiro atoms. The van der Waals surface area contributed by atoms with E-state index in [0.717, 1.165) is 13.2 Å². The van der Waals surface area contributed by atoms with E-state index in [9.17, 15) is 0 Å². The van der Waals surface area contributed by atoms with Crippen molar-refractivity contribution in [1.29, 1.82) is 0 Å². The summed E-state index contributed by atoms with van der Waals surface area (Å²) in [4.78, 5) is 2.57. The van der Waals surface area contributed by atoms with Crippen LogP contribution in [0.1, 0.15) is 47.0 Å². The molecule has 3 heteroatoms. The fourth-order valence-electron chi connectivity index (χ4n) is 2.59. The summed E-state index contributed by atoms with van der Waals surface area (Å²) in [5.74, 6) is 0. The largest absolute Gasteiger partial charge is 0.383 e. The maximum atomic E-state index is 5.23. The molecule has 0 aliphatic rings. The van der Waals surface area contributed by atoms with Crippen molar-refractivity contribution in [3.63, 3.8) is 0 Å². The van der Waals surface area contributed by atoms with Crippen LogP contribution in [0, 0.1) is 0 Å². The van der Waals surface area contributed by atoms with Gasteiger partial charge in [0.1, 0.15) is 0 Å². The van der Waals surface area contributed by atoms with Crippen LogP contribution >= 0.6 is 0 Å². The average molecular weight is 244 g/mol. The van der Waals surface area contributed by atoms with Crippen molar-refractivity contribution < 1.29 is 4.74 Å². The van der Waals surface area contributed by atoms with E-state index >= 15 is 0 Å². The molecule has 0 aliphatic heterocycles. The highest BCUT2D eigenvalue weighted by Gasteiger charge is 2.25. The highest BCUT2D eigenvalue weighted by molar-refractivity contribution is 4.84. The Labute approximate surface area is 108 Å². The second kappa shape index (κ2) is 9.86. The van der Waals surface area contributed by atoms with Gasteiger partial charge in [-0.05, 0) is 33.7 Å². The zero-order valence-electron chi connectivity index (χ0n) is 12.6. The minimum atomic E-state index is 0.572. The standard InChI is InChI=1S/C14H32N2O/c1-7-9-13(15-5)14(8-2)16(12(3)4)10-11-17-6/h12-15H,7-11H2,1-6H3. The average Bonchev–Trinajstić information content (AvgIpc) is 2.31. The summed E-state index contributed by atoms with van der Waals surface area (Å²) in [5, 5.41) is 3.48. The predicted octanol–water partition coefficient (Wildman–Crippen LogP) is 2.51. The third kappa shape index (κ3) is 5.84. The van der Waals surface area contributed by atoms with Crippen molar-refractivity contribution in [3.8, 4) is 0 Å². The molecule has 0 saturated heterocycles. The Kier molecular flexibility index (Phi) is 9.79. The first-order valence-electron chi connectivity index (χ1n) is 7.04. The number of likely N-dealkylation sites (N-methyl/N-ethyl adjacent to an activating group) is 1. The molecule has 0 bridgehead atoms. The third-order valence-corrected chi connectivity index (χ3v) is 3.50. The van der Waals surface area contributed by atoms with E-state index < -0.39 is 0 Å². The van der Waals surface area contributed by atoms with Crippen molar-refractivity contribution >= 4 is 0 Å². The van der Waals surface area contributed by atoms with Crippen molar-refractivity contribution in [2.24, 2.45) is 0 Å². The number of ether oxygens (including phenoxy) is 1. The van der Waals surface area contributed by atoms with Crippen molar-refractivity contribution in [3.05, 3.63) is 0 Å². The normalized spacial score (nSPS) is 15.5. The van der Waals surface area contributed by atoms with E-state index in [1.54, 1.807) is 7.11 Å². The van der Waals surface area contributed by atoms with E-state index in [0.29, 0.717) is 18.1 Å². The minimum Gasteiger partial charge on any atom is -0.383 e. The summed E-state index contributed by atoms with van der Waals surface area (Å²) in [6.45, 7) is 10.9. The second-order valence-corrected chi connectivity index (χ2v) is 4.98. The molecule has 3 nitrogen and oxygen atoms in total. The van der Waals surface area contributed by atoms with Gasteiger partial charge in [-0.2, -0.15) is 0 Å². The predicted molar refractivity (Wildman–Crippen MR) is 75.6 cm³/mol. The van der Waals surface area contributed by atoms with Crippen LogP contribution < -0.4 is 5.32 Å². The number of hydrogen-bond donors (Lipinski definition) is 1. The molecule has 0 saturated carbocycles. The van der Waals surface area contributed by atoms with Gasteiger partial charge in [0.25, 0.3) is 0 Å². The van der Waals surface area contributed by atoms with Crippen LogP contribution in [-0.2, 0) is 4.74 Å². The molecule has 0 aromatic rings. The molecule has 0 amide bonds. The Balaban J connectivity index is 4.61. The van der Waals surface area contributed by atoms with Gasteiger partial charge in [-0.1, -0.05) is 20.3 Å². The first kappa shape index (κ1) is 16.9. The monoisotopic (exact) mass is 244 g/mol. The quantitative estimate of drug-likeness (QED) is 0.639. The Morgan fingerprint density at radius 2 is 1.88 bits per heavy atom. The minimum absolute atomic E-state index is 0.572. The van der Waals surface area contributed by atoms with E-state index in [2.05, 4.69) is 45.0 Å². The highest BCUT2D eigenvalue weighted by Crippen LogP contribution is 2.16. The number of nitrogens with zero attached hydrogens (tertiary/aromatic N) is 1. The third-order valence-electron chi connectivity index (χ3n) is 3.50. The summed E-state index contributed by atoms with van der Waals surface area (Å²) >= 11 is 0. The van der Waals surface area contributed by atoms with Gasteiger partial charge in [0.05, 0.1) is 6.61 Å². The van der Waals surface area contributed by atoms with Crippen molar-refractivity contribution in [2.45, 2.75) is 65.1 Å². The van der Waals surface area contributed by atoms with Gasteiger partial charge in [-0.25, -0.2) is 0 Å². The fourth-order valence-corrected chi connectivity index (χ4v) is 2.59. The molecule has 17 heavy (non-hydrogen) atoms. The number of hydrogen-bond acceptors (Lipinski definition) is 3. The van der Waals surface area contributed by atoms with Crippen molar-refractivity contribution in [1.82, 2.24) is 10.2 Å². The molecule has 0 radical (unpaired) electrons. The summed E-state index contributed by atoms with van der Waals surface area (Å²) in [6.07, 6.45) is 3.66. The molecule has 104 valence electrons. The van der Waals surface area contributed by atoms with E-state index in [1.165, 1.54) is 19.3 Å². The number of nitrogens with one attached hydrogen (secondary N) is 1. The summed E-state index contributed by atoms with van der Waals surface area (Å²) < 4.78 is 5.23. The van der Waals surface area contributed by atoms with Gasteiger partial charge < -0.3 is 10.1 Å². The molecule has 0 rings (SSSR count). The lowest BCUT2D eigenvalue weighted by Crippen LogP contribution is -2.52. The SMILES string of the molecule is CCCC(NC)C(CC)N(CCOC)C(C)C. The Morgan fingerprint density at radius 3 is 2.24 bits per heavy atom. The smallest absolute Gasteiger partial charge is 0.0589 e. The summed E-state index contributed by atoms with van der Waals surface area (Å²) in [6, 6.07) is 1.77. The van der Waals surface area contributed by atoms with Crippen LogP contribution in [0.2, 0.25) is 0 Å². The van der Waals surface area contributed by atoms with Gasteiger partial charge in [-0.15, -0.1) is 0 Å². The molecule has 0 fully saturated rings. The molecular weight excluding hydrogens is 212 g/mol. The molecule has 0 aromatic heterocycles. The number of methoxy groups -OCH3 is 1. The first-order valence-corrected chi connectivity index (χ1v) is 7.04. The lowest BCUT2D eigenvalue weighted by Gasteiger charge is -2.39. The van der Waals surface area contributed by atoms with Crippen LogP contribution in [0.5, 0.6) is 0 Å². The van der Waals surface area contributed by atoms with Crippen LogP contribution in [0.3, 0.4) is 0 Å². The number of rotatable bonds is 10. The van der Waals surface area contributed by atoms with Gasteiger partial charge in [0.15, 0.2) is 0 Å². The molecular formula is C14H32N2O. The second-order valence-electron chi connectivity index (χ2n) is 4.98. The van der Waals surface area contributed by atoms with E-state index in [-0.39, 0.29) is 0 Å². The van der Waals surface area contributed by atoms with Crippen LogP contribution in [0.4, 0.5) is 0 Å². The van der Waals surface area contributed by atoms with Gasteiger partial charge >= 0.3 is 0 Å². The summed E-state index contributed by atoms with van der Waals surface area (Å²) in [5.41, 5.74) is 0. The first-order chi connectivity index (χ1) is 8.12. The van der Waals surface area contributed by atoms with Gasteiger partial charge in [-0.3, -0.25) is 4.90 Å². The molecule has 1 N–H and O–H groups in total. The van der Waals surface area contributed by atoms with Crippen LogP contribution in [0.25, 0.3) is 0 Å². The van der Waals surface area contributed by atoms with E-state index in [1.807, 2.05) is 0 Å². The van der Waals surface area contributed by atoms with E-state index in [4.69, 9.17) is 4.74 Å². The fraction of sp³-hybridized carbons (Fsp3) is 1.00. The maximum Gasteiger partial charge on any atom is 0.0589 e. The maximum absolute atomic E-state index is 5.23. The molecule has 0 aliphatic carbocycles. The lowest BCUT2D eigenvalue weighted by molar-refractivity contribution is 0.0750. The van der Waals surface area contributed by atoms with Crippen molar-refractivity contribution in [2.75, 3.05) is 27.3 Å². The highest BCUT2D eigenvalue weighted by atomic mass is 16.5. The molecule has 2 unspecified atom stereocenters. The molecule has 0 aromatic carbocycles. The Morgan fingerprint density at radius 1 is 1.24 bits per heavy atom. The zero-order chi connectivity index (χ0) is 13.3. The van der Waals surface area contributed by atoms with Crippen LogP contribution in [0.15, 0.2) is 0 Å².